The summed E-state index contributed by atoms with van der Waals surface area (Å²) >= 11 is 0. The minimum atomic E-state index is -4.54. The molecule has 1 rings (SSSR count). The molecule has 0 aliphatic rings. The van der Waals surface area contributed by atoms with Crippen LogP contribution in [0.1, 0.15) is 110 Å². The fourth-order valence-electron chi connectivity index (χ4n) is 4.27. The van der Waals surface area contributed by atoms with Crippen LogP contribution in [0.25, 0.3) is 0 Å². The van der Waals surface area contributed by atoms with Gasteiger partial charge >= 0.3 is 7.82 Å². The van der Waals surface area contributed by atoms with E-state index >= 15 is 0 Å². The summed E-state index contributed by atoms with van der Waals surface area (Å²) < 4.78 is 32.8. The molecule has 0 aliphatic heterocycles. The molecular formula is C29H53O7P. The second-order valence-corrected chi connectivity index (χ2v) is 11.0. The maximum atomic E-state index is 11.3. The van der Waals surface area contributed by atoms with Crippen molar-refractivity contribution in [3.05, 3.63) is 30.3 Å². The van der Waals surface area contributed by atoms with Crippen molar-refractivity contribution in [1.29, 1.82) is 0 Å². The smallest absolute Gasteiger partial charge is 0.469 e. The van der Waals surface area contributed by atoms with Gasteiger partial charge in [-0.25, -0.2) is 4.57 Å². The fraction of sp³-hybridized carbons (Fsp3) is 0.793. The molecule has 0 radical (unpaired) electrons. The van der Waals surface area contributed by atoms with Gasteiger partial charge in [-0.05, 0) is 18.6 Å². The van der Waals surface area contributed by atoms with Crippen molar-refractivity contribution in [2.75, 3.05) is 33.0 Å². The van der Waals surface area contributed by atoms with Gasteiger partial charge in [0.25, 0.3) is 0 Å². The Bertz CT molecular complexity index is 653. The number of phosphoric ester groups is 1. The Balaban J connectivity index is 1.96. The molecule has 2 N–H and O–H groups in total. The summed E-state index contributed by atoms with van der Waals surface area (Å²) in [5.41, 5.74) is 0. The average molecular weight is 545 g/mol. The van der Waals surface area contributed by atoms with Crippen LogP contribution in [-0.4, -0.2) is 48.9 Å². The zero-order chi connectivity index (χ0) is 26.9. The molecule has 1 unspecified atom stereocenters. The summed E-state index contributed by atoms with van der Waals surface area (Å²) in [6.07, 6.45) is 19.2. The molecule has 0 amide bonds. The molecule has 1 atom stereocenters. The molecule has 0 bridgehead atoms. The van der Waals surface area contributed by atoms with Crippen LogP contribution in [0.4, 0.5) is 0 Å². The van der Waals surface area contributed by atoms with Crippen LogP contribution < -0.4 is 4.74 Å². The van der Waals surface area contributed by atoms with E-state index in [1.165, 1.54) is 77.0 Å². The van der Waals surface area contributed by atoms with Crippen molar-refractivity contribution in [2.24, 2.45) is 0 Å². The minimum absolute atomic E-state index is 0.146. The molecular weight excluding hydrogens is 491 g/mol. The molecule has 0 aromatic heterocycles. The van der Waals surface area contributed by atoms with Crippen molar-refractivity contribution < 1.29 is 33.1 Å². The number of phosphoric acid groups is 1. The van der Waals surface area contributed by atoms with E-state index in [0.717, 1.165) is 25.0 Å². The third-order valence-corrected chi connectivity index (χ3v) is 6.90. The fourth-order valence-corrected chi connectivity index (χ4v) is 4.83. The van der Waals surface area contributed by atoms with Crippen LogP contribution in [0, 0.1) is 0 Å². The highest BCUT2D eigenvalue weighted by Gasteiger charge is 2.22. The highest BCUT2D eigenvalue weighted by molar-refractivity contribution is 7.46. The lowest BCUT2D eigenvalue weighted by molar-refractivity contribution is -0.00356. The first kappa shape index (κ1) is 34.1. The van der Waals surface area contributed by atoms with Gasteiger partial charge in [-0.15, -0.1) is 0 Å². The summed E-state index contributed by atoms with van der Waals surface area (Å²) in [6.45, 7) is 4.03. The molecule has 8 heteroatoms. The van der Waals surface area contributed by atoms with Gasteiger partial charge in [-0.3, -0.25) is 4.52 Å². The summed E-state index contributed by atoms with van der Waals surface area (Å²) in [5.74, 6) is 0.804. The number of hydrogen-bond donors (Lipinski definition) is 2. The lowest BCUT2D eigenvalue weighted by Crippen LogP contribution is -2.21. The van der Waals surface area contributed by atoms with Gasteiger partial charge in [-0.2, -0.15) is 0 Å². The Kier molecular flexibility index (Phi) is 22.2. The lowest BCUT2D eigenvalue weighted by atomic mass is 10.0. The van der Waals surface area contributed by atoms with E-state index in [1.54, 1.807) is 0 Å². The Morgan fingerprint density at radius 2 is 1.16 bits per heavy atom. The maximum absolute atomic E-state index is 11.3. The molecule has 0 saturated heterocycles. The number of hydrogen-bond acceptors (Lipinski definition) is 5. The van der Waals surface area contributed by atoms with E-state index < -0.39 is 13.9 Å². The predicted molar refractivity (Wildman–Crippen MR) is 150 cm³/mol. The van der Waals surface area contributed by atoms with Crippen molar-refractivity contribution >= 4 is 7.82 Å². The Labute approximate surface area is 225 Å². The first-order valence-electron chi connectivity index (χ1n) is 14.6. The predicted octanol–water partition coefficient (Wildman–Crippen LogP) is 7.84. The molecule has 0 spiro atoms. The molecule has 0 saturated carbocycles. The zero-order valence-electron chi connectivity index (χ0n) is 23.2. The number of rotatable bonds is 27. The van der Waals surface area contributed by atoms with Gasteiger partial charge in [0.1, 0.15) is 12.4 Å². The van der Waals surface area contributed by atoms with Crippen LogP contribution >= 0.6 is 7.82 Å². The third kappa shape index (κ3) is 23.9. The quantitative estimate of drug-likeness (QED) is 0.0860. The number of benzene rings is 1. The first-order valence-corrected chi connectivity index (χ1v) is 16.1. The van der Waals surface area contributed by atoms with E-state index in [2.05, 4.69) is 6.92 Å². The molecule has 0 aliphatic carbocycles. The number of unbranched alkanes of at least 4 members (excludes halogenated alkanes) is 14. The van der Waals surface area contributed by atoms with E-state index in [-0.39, 0.29) is 6.61 Å². The minimum Gasteiger partial charge on any atom is -0.491 e. The largest absolute Gasteiger partial charge is 0.491 e. The van der Waals surface area contributed by atoms with Gasteiger partial charge < -0.3 is 24.0 Å². The van der Waals surface area contributed by atoms with E-state index in [0.29, 0.717) is 32.8 Å². The van der Waals surface area contributed by atoms with Crippen molar-refractivity contribution in [3.63, 3.8) is 0 Å². The second kappa shape index (κ2) is 24.1. The molecule has 0 heterocycles. The summed E-state index contributed by atoms with van der Waals surface area (Å²) in [7, 11) is -4.54. The number of ether oxygens (including phenoxy) is 3. The average Bonchev–Trinajstić information content (AvgIpc) is 2.87. The van der Waals surface area contributed by atoms with Gasteiger partial charge in [0.2, 0.25) is 0 Å². The highest BCUT2D eigenvalue weighted by atomic mass is 31.2. The zero-order valence-corrected chi connectivity index (χ0v) is 24.1. The standard InChI is InChI=1S/C29H53O7P/c1-2-3-4-5-6-7-8-9-10-11-12-13-14-15-17-22-29(36-37(30,31)32)27-34-24-23-33-25-26-35-28-20-18-16-19-21-28/h16,18-21,29H,2-15,17,22-27H2,1H3,(H2,30,31,32). The highest BCUT2D eigenvalue weighted by Crippen LogP contribution is 2.38. The van der Waals surface area contributed by atoms with Crippen molar-refractivity contribution in [1.82, 2.24) is 0 Å². The summed E-state index contributed by atoms with van der Waals surface area (Å²) in [5, 5.41) is 0. The van der Waals surface area contributed by atoms with E-state index in [9.17, 15) is 14.4 Å². The van der Waals surface area contributed by atoms with Gasteiger partial charge in [0.15, 0.2) is 0 Å². The monoisotopic (exact) mass is 544 g/mol. The second-order valence-electron chi connectivity index (χ2n) is 9.81. The molecule has 37 heavy (non-hydrogen) atoms. The number of para-hydroxylation sites is 1. The maximum Gasteiger partial charge on any atom is 0.469 e. The van der Waals surface area contributed by atoms with Crippen LogP contribution in [-0.2, 0) is 18.6 Å². The Morgan fingerprint density at radius 3 is 1.70 bits per heavy atom. The Morgan fingerprint density at radius 1 is 0.676 bits per heavy atom. The van der Waals surface area contributed by atoms with Gasteiger partial charge in [0, 0.05) is 0 Å². The van der Waals surface area contributed by atoms with Crippen LogP contribution in [0.15, 0.2) is 30.3 Å². The van der Waals surface area contributed by atoms with Gasteiger partial charge in [0.05, 0.1) is 32.5 Å². The van der Waals surface area contributed by atoms with Crippen LogP contribution in [0.5, 0.6) is 5.75 Å². The van der Waals surface area contributed by atoms with E-state index in [1.807, 2.05) is 30.3 Å². The Hall–Kier alpha value is -0.950. The van der Waals surface area contributed by atoms with E-state index in [4.69, 9.17) is 18.7 Å². The normalized spacial score (nSPS) is 12.6. The first-order chi connectivity index (χ1) is 18.0. The molecule has 1 aromatic carbocycles. The molecule has 216 valence electrons. The topological polar surface area (TPSA) is 94.5 Å². The molecule has 0 fully saturated rings. The molecule has 1 aromatic rings. The summed E-state index contributed by atoms with van der Waals surface area (Å²) in [4.78, 5) is 18.4. The van der Waals surface area contributed by atoms with Crippen molar-refractivity contribution in [2.45, 2.75) is 116 Å². The van der Waals surface area contributed by atoms with Crippen LogP contribution in [0.3, 0.4) is 0 Å². The van der Waals surface area contributed by atoms with Crippen LogP contribution in [0.2, 0.25) is 0 Å². The van der Waals surface area contributed by atoms with Crippen molar-refractivity contribution in [3.8, 4) is 5.75 Å². The van der Waals surface area contributed by atoms with Gasteiger partial charge in [-0.1, -0.05) is 121 Å². The lowest BCUT2D eigenvalue weighted by Gasteiger charge is -2.18. The molecule has 7 nitrogen and oxygen atoms in total. The third-order valence-electron chi connectivity index (χ3n) is 6.33. The summed E-state index contributed by atoms with van der Waals surface area (Å²) in [6, 6.07) is 9.55. The SMILES string of the molecule is CCCCCCCCCCCCCCCCCC(COCCOCCOc1ccccc1)OP(=O)(O)O.